The van der Waals surface area contributed by atoms with Crippen molar-refractivity contribution < 1.29 is 8.83 Å². The molecule has 2 nitrogen and oxygen atoms in total. The molecular weight excluding hydrogens is 224 g/mol. The van der Waals surface area contributed by atoms with Crippen LogP contribution in [0.4, 0.5) is 0 Å². The van der Waals surface area contributed by atoms with Gasteiger partial charge in [0, 0.05) is 11.8 Å². The molecule has 0 bridgehead atoms. The summed E-state index contributed by atoms with van der Waals surface area (Å²) in [5.74, 6) is 3.90. The van der Waals surface area contributed by atoms with E-state index in [0.29, 0.717) is 23.7 Å². The van der Waals surface area contributed by atoms with Gasteiger partial charge in [0.15, 0.2) is 0 Å². The summed E-state index contributed by atoms with van der Waals surface area (Å²) in [6.07, 6.45) is 3.65. The minimum Gasteiger partial charge on any atom is -0.469 e. The second-order valence-electron chi connectivity index (χ2n) is 5.64. The highest BCUT2D eigenvalue weighted by atomic mass is 16.3. The van der Waals surface area contributed by atoms with Crippen LogP contribution in [-0.2, 0) is 0 Å². The molecule has 96 valence electrons. The molecule has 2 unspecified atom stereocenters. The van der Waals surface area contributed by atoms with E-state index in [9.17, 15) is 0 Å². The first-order valence-corrected chi connectivity index (χ1v) is 6.75. The highest BCUT2D eigenvalue weighted by molar-refractivity contribution is 5.37. The third-order valence-corrected chi connectivity index (χ3v) is 4.76. The third-order valence-electron chi connectivity index (χ3n) is 4.76. The predicted octanol–water partition coefficient (Wildman–Crippen LogP) is 5.00. The molecule has 0 saturated heterocycles. The average Bonchev–Trinajstić information content (AvgIpc) is 3.02. The minimum absolute atomic E-state index is 0.356. The van der Waals surface area contributed by atoms with E-state index in [1.54, 1.807) is 0 Å². The van der Waals surface area contributed by atoms with Gasteiger partial charge < -0.3 is 8.83 Å². The van der Waals surface area contributed by atoms with Gasteiger partial charge in [0.2, 0.25) is 0 Å². The summed E-state index contributed by atoms with van der Waals surface area (Å²) in [7, 11) is 0. The van der Waals surface area contributed by atoms with Gasteiger partial charge in [0.25, 0.3) is 0 Å². The van der Waals surface area contributed by atoms with Gasteiger partial charge in [-0.25, -0.2) is 0 Å². The zero-order valence-corrected chi connectivity index (χ0v) is 11.4. The van der Waals surface area contributed by atoms with Crippen molar-refractivity contribution in [2.45, 2.75) is 51.4 Å². The molecule has 0 aliphatic heterocycles. The molecule has 0 fully saturated rings. The fourth-order valence-electron chi connectivity index (χ4n) is 3.15. The molecule has 0 N–H and O–H groups in total. The van der Waals surface area contributed by atoms with Gasteiger partial charge in [0.05, 0.1) is 12.5 Å². The Bertz CT molecular complexity index is 454. The van der Waals surface area contributed by atoms with Crippen LogP contribution in [-0.4, -0.2) is 0 Å². The highest BCUT2D eigenvalue weighted by Gasteiger charge is 2.34. The standard InChI is InChI=1S/C16H20O2/c1-9-10(2)14-6-8-18-16(14)12(4)11(3)15-13(9)5-7-17-15/h5-12H,1-4H3/t9-,10+,11?,12?. The monoisotopic (exact) mass is 244 g/mol. The van der Waals surface area contributed by atoms with Crippen molar-refractivity contribution in [2.24, 2.45) is 0 Å². The van der Waals surface area contributed by atoms with Crippen LogP contribution in [0.3, 0.4) is 0 Å². The van der Waals surface area contributed by atoms with E-state index in [1.165, 1.54) is 11.1 Å². The second kappa shape index (κ2) is 4.04. The maximum atomic E-state index is 5.74. The van der Waals surface area contributed by atoms with Gasteiger partial charge in [-0.05, 0) is 35.1 Å². The lowest BCUT2D eigenvalue weighted by Gasteiger charge is -2.28. The van der Waals surface area contributed by atoms with Crippen LogP contribution in [0.2, 0.25) is 0 Å². The molecule has 4 atom stereocenters. The Morgan fingerprint density at radius 1 is 0.667 bits per heavy atom. The van der Waals surface area contributed by atoms with E-state index in [1.807, 2.05) is 12.5 Å². The number of fused-ring (bicyclic) bond motifs is 2. The van der Waals surface area contributed by atoms with Crippen LogP contribution >= 0.6 is 0 Å². The zero-order chi connectivity index (χ0) is 12.9. The fourth-order valence-corrected chi connectivity index (χ4v) is 3.15. The van der Waals surface area contributed by atoms with E-state index in [4.69, 9.17) is 8.83 Å². The molecule has 0 saturated carbocycles. The van der Waals surface area contributed by atoms with Crippen molar-refractivity contribution >= 4 is 0 Å². The van der Waals surface area contributed by atoms with Crippen LogP contribution in [0.5, 0.6) is 0 Å². The Kier molecular flexibility index (Phi) is 2.61. The first kappa shape index (κ1) is 11.6. The van der Waals surface area contributed by atoms with E-state index >= 15 is 0 Å². The fraction of sp³-hybridized carbons (Fsp3) is 0.500. The highest BCUT2D eigenvalue weighted by Crippen LogP contribution is 2.46. The van der Waals surface area contributed by atoms with Gasteiger partial charge in [-0.1, -0.05) is 27.7 Å². The largest absolute Gasteiger partial charge is 0.469 e. The summed E-state index contributed by atoms with van der Waals surface area (Å²) in [5, 5.41) is 0. The number of rotatable bonds is 0. The van der Waals surface area contributed by atoms with Crippen molar-refractivity contribution in [1.29, 1.82) is 0 Å². The SMILES string of the molecule is CC1c2occc2[C@@H](C)[C@@H](C)c2ccoc2C1C. The molecule has 1 aliphatic carbocycles. The van der Waals surface area contributed by atoms with Gasteiger partial charge >= 0.3 is 0 Å². The van der Waals surface area contributed by atoms with Crippen molar-refractivity contribution in [1.82, 2.24) is 0 Å². The second-order valence-corrected chi connectivity index (χ2v) is 5.64. The van der Waals surface area contributed by atoms with E-state index in [0.717, 1.165) is 11.5 Å². The molecule has 0 radical (unpaired) electrons. The zero-order valence-electron chi connectivity index (χ0n) is 11.4. The summed E-state index contributed by atoms with van der Waals surface area (Å²) < 4.78 is 11.5. The van der Waals surface area contributed by atoms with E-state index < -0.39 is 0 Å². The molecule has 2 heterocycles. The molecule has 0 spiro atoms. The summed E-state index contributed by atoms with van der Waals surface area (Å²) >= 11 is 0. The normalized spacial score (nSPS) is 31.3. The van der Waals surface area contributed by atoms with Crippen LogP contribution < -0.4 is 0 Å². The van der Waals surface area contributed by atoms with E-state index in [-0.39, 0.29) is 0 Å². The molecule has 2 heteroatoms. The van der Waals surface area contributed by atoms with Crippen molar-refractivity contribution in [2.75, 3.05) is 0 Å². The molecule has 1 aliphatic rings. The Labute approximate surface area is 108 Å². The first-order valence-electron chi connectivity index (χ1n) is 6.75. The van der Waals surface area contributed by atoms with Crippen LogP contribution in [0, 0.1) is 0 Å². The smallest absolute Gasteiger partial charge is 0.110 e. The summed E-state index contributed by atoms with van der Waals surface area (Å²) in [6.45, 7) is 9.00. The van der Waals surface area contributed by atoms with Crippen LogP contribution in [0.25, 0.3) is 0 Å². The number of hydrogen-bond acceptors (Lipinski definition) is 2. The van der Waals surface area contributed by atoms with Crippen LogP contribution in [0.1, 0.15) is 74.0 Å². The lowest BCUT2D eigenvalue weighted by molar-refractivity contribution is 0.378. The summed E-state index contributed by atoms with van der Waals surface area (Å²) in [4.78, 5) is 0. The molecule has 18 heavy (non-hydrogen) atoms. The Hall–Kier alpha value is -1.44. The molecule has 3 rings (SSSR count). The topological polar surface area (TPSA) is 26.3 Å². The van der Waals surface area contributed by atoms with Gasteiger partial charge in [-0.3, -0.25) is 0 Å². The quantitative estimate of drug-likeness (QED) is 0.651. The Morgan fingerprint density at radius 2 is 1.06 bits per heavy atom. The van der Waals surface area contributed by atoms with Gasteiger partial charge in [-0.15, -0.1) is 0 Å². The Balaban J connectivity index is 2.18. The first-order chi connectivity index (χ1) is 8.61. The number of furan rings is 2. The maximum Gasteiger partial charge on any atom is 0.110 e. The maximum absolute atomic E-state index is 5.74. The minimum atomic E-state index is 0.356. The van der Waals surface area contributed by atoms with Crippen molar-refractivity contribution in [3.63, 3.8) is 0 Å². The van der Waals surface area contributed by atoms with E-state index in [2.05, 4.69) is 39.8 Å². The average molecular weight is 244 g/mol. The molecular formula is C16H20O2. The van der Waals surface area contributed by atoms with Crippen LogP contribution in [0.15, 0.2) is 33.5 Å². The molecule has 2 aromatic heterocycles. The summed E-state index contributed by atoms with van der Waals surface area (Å²) in [5.41, 5.74) is 2.71. The van der Waals surface area contributed by atoms with Crippen molar-refractivity contribution in [3.8, 4) is 0 Å². The lowest BCUT2D eigenvalue weighted by atomic mass is 9.75. The van der Waals surface area contributed by atoms with Gasteiger partial charge in [-0.2, -0.15) is 0 Å². The van der Waals surface area contributed by atoms with Gasteiger partial charge in [0.1, 0.15) is 11.5 Å². The molecule has 0 amide bonds. The predicted molar refractivity (Wildman–Crippen MR) is 71.1 cm³/mol. The van der Waals surface area contributed by atoms with Crippen molar-refractivity contribution in [3.05, 3.63) is 47.3 Å². The lowest BCUT2D eigenvalue weighted by Crippen LogP contribution is -2.16. The Morgan fingerprint density at radius 3 is 1.44 bits per heavy atom. The molecule has 0 aromatic carbocycles. The third kappa shape index (κ3) is 1.48. The molecule has 2 aromatic rings. The summed E-state index contributed by atoms with van der Waals surface area (Å²) in [6, 6.07) is 4.26. The number of hydrogen-bond donors (Lipinski definition) is 0.